The molecule has 1 heterocycles. The summed E-state index contributed by atoms with van der Waals surface area (Å²) in [7, 11) is 0. The normalized spacial score (nSPS) is 27.3. The van der Waals surface area contributed by atoms with Gasteiger partial charge in [-0.15, -0.1) is 0 Å². The fraction of sp³-hybridized carbons (Fsp3) is 0.929. The standard InChI is InChI=1S/C14H27N3O/c1-12(13(15)16-18)11-17-9-7-14(8-10-17)5-3-2-4-6-14/h12,18H,2-11H2,1H3,(H2,15,16). The first-order valence-corrected chi connectivity index (χ1v) is 7.35. The molecule has 1 aliphatic carbocycles. The number of nitrogens with two attached hydrogens (primary N) is 1. The van der Waals surface area contributed by atoms with Gasteiger partial charge in [-0.1, -0.05) is 31.3 Å². The van der Waals surface area contributed by atoms with Gasteiger partial charge in [-0.25, -0.2) is 0 Å². The molecule has 1 atom stereocenters. The number of hydrogen-bond donors (Lipinski definition) is 2. The maximum atomic E-state index is 8.68. The minimum Gasteiger partial charge on any atom is -0.409 e. The number of rotatable bonds is 3. The van der Waals surface area contributed by atoms with Crippen LogP contribution in [-0.2, 0) is 0 Å². The Morgan fingerprint density at radius 2 is 1.83 bits per heavy atom. The van der Waals surface area contributed by atoms with Crippen LogP contribution in [0.15, 0.2) is 5.16 Å². The summed E-state index contributed by atoms with van der Waals surface area (Å²) in [5.41, 5.74) is 6.30. The Bertz CT molecular complexity index is 287. The Labute approximate surface area is 110 Å². The number of nitrogens with zero attached hydrogens (tertiary/aromatic N) is 2. The highest BCUT2D eigenvalue weighted by molar-refractivity contribution is 5.82. The van der Waals surface area contributed by atoms with Gasteiger partial charge < -0.3 is 15.8 Å². The summed E-state index contributed by atoms with van der Waals surface area (Å²) < 4.78 is 0. The summed E-state index contributed by atoms with van der Waals surface area (Å²) in [6, 6.07) is 0. The Hall–Kier alpha value is -0.770. The molecule has 3 N–H and O–H groups in total. The van der Waals surface area contributed by atoms with E-state index in [0.717, 1.165) is 6.54 Å². The van der Waals surface area contributed by atoms with E-state index in [-0.39, 0.29) is 5.92 Å². The van der Waals surface area contributed by atoms with Crippen molar-refractivity contribution in [1.29, 1.82) is 0 Å². The minimum atomic E-state index is 0.149. The number of hydrogen-bond acceptors (Lipinski definition) is 3. The van der Waals surface area contributed by atoms with Crippen molar-refractivity contribution < 1.29 is 5.21 Å². The van der Waals surface area contributed by atoms with Gasteiger partial charge in [0.15, 0.2) is 0 Å². The van der Waals surface area contributed by atoms with E-state index in [1.165, 1.54) is 58.0 Å². The molecule has 1 spiro atoms. The Morgan fingerprint density at radius 3 is 2.39 bits per heavy atom. The number of amidine groups is 1. The van der Waals surface area contributed by atoms with Crippen molar-refractivity contribution in [3.63, 3.8) is 0 Å². The van der Waals surface area contributed by atoms with Crippen LogP contribution < -0.4 is 5.73 Å². The van der Waals surface area contributed by atoms with E-state index in [9.17, 15) is 0 Å². The monoisotopic (exact) mass is 253 g/mol. The first kappa shape index (κ1) is 13.7. The highest BCUT2D eigenvalue weighted by Gasteiger charge is 2.35. The van der Waals surface area contributed by atoms with Crippen molar-refractivity contribution in [2.45, 2.75) is 51.9 Å². The lowest BCUT2D eigenvalue weighted by atomic mass is 9.68. The summed E-state index contributed by atoms with van der Waals surface area (Å²) in [5.74, 6) is 0.503. The van der Waals surface area contributed by atoms with Crippen molar-refractivity contribution in [2.75, 3.05) is 19.6 Å². The number of likely N-dealkylation sites (tertiary alicyclic amines) is 1. The third-order valence-electron chi connectivity index (χ3n) is 4.98. The molecule has 4 nitrogen and oxygen atoms in total. The molecule has 2 fully saturated rings. The summed E-state index contributed by atoms with van der Waals surface area (Å²) in [4.78, 5) is 2.47. The van der Waals surface area contributed by atoms with E-state index in [1.807, 2.05) is 6.92 Å². The first-order chi connectivity index (χ1) is 8.65. The lowest BCUT2D eigenvalue weighted by Crippen LogP contribution is -2.44. The highest BCUT2D eigenvalue weighted by Crippen LogP contribution is 2.44. The third kappa shape index (κ3) is 3.16. The van der Waals surface area contributed by atoms with Crippen molar-refractivity contribution in [2.24, 2.45) is 22.2 Å². The van der Waals surface area contributed by atoms with E-state index in [4.69, 9.17) is 10.9 Å². The average molecular weight is 253 g/mol. The molecule has 104 valence electrons. The molecule has 1 saturated heterocycles. The van der Waals surface area contributed by atoms with Gasteiger partial charge in [0, 0.05) is 12.5 Å². The predicted octanol–water partition coefficient (Wildman–Crippen LogP) is 2.42. The molecular formula is C14H27N3O. The molecule has 1 unspecified atom stereocenters. The average Bonchev–Trinajstić information content (AvgIpc) is 2.41. The first-order valence-electron chi connectivity index (χ1n) is 7.35. The Kier molecular flexibility index (Phi) is 4.49. The van der Waals surface area contributed by atoms with Gasteiger partial charge in [-0.3, -0.25) is 0 Å². The molecule has 2 aliphatic rings. The molecule has 1 aliphatic heterocycles. The van der Waals surface area contributed by atoms with Gasteiger partial charge >= 0.3 is 0 Å². The Balaban J connectivity index is 1.79. The molecular weight excluding hydrogens is 226 g/mol. The van der Waals surface area contributed by atoms with Crippen LogP contribution in [0.4, 0.5) is 0 Å². The summed E-state index contributed by atoms with van der Waals surface area (Å²) >= 11 is 0. The van der Waals surface area contributed by atoms with Crippen molar-refractivity contribution >= 4 is 5.84 Å². The van der Waals surface area contributed by atoms with Gasteiger partial charge in [-0.2, -0.15) is 0 Å². The van der Waals surface area contributed by atoms with Gasteiger partial charge in [0.05, 0.1) is 0 Å². The van der Waals surface area contributed by atoms with E-state index in [1.54, 1.807) is 0 Å². The maximum Gasteiger partial charge on any atom is 0.143 e. The van der Waals surface area contributed by atoms with Gasteiger partial charge in [0.25, 0.3) is 0 Å². The molecule has 1 saturated carbocycles. The van der Waals surface area contributed by atoms with E-state index in [2.05, 4.69) is 10.1 Å². The van der Waals surface area contributed by atoms with E-state index < -0.39 is 0 Å². The summed E-state index contributed by atoms with van der Waals surface area (Å²) in [6.45, 7) is 5.32. The zero-order valence-corrected chi connectivity index (χ0v) is 11.6. The fourth-order valence-corrected chi connectivity index (χ4v) is 3.59. The molecule has 0 bridgehead atoms. The van der Waals surface area contributed by atoms with Crippen LogP contribution >= 0.6 is 0 Å². The largest absolute Gasteiger partial charge is 0.409 e. The van der Waals surface area contributed by atoms with Crippen LogP contribution in [0.3, 0.4) is 0 Å². The SMILES string of the molecule is CC(CN1CCC2(CCCCC2)CC1)C(N)=NO. The molecule has 0 aromatic rings. The molecule has 0 aromatic heterocycles. The zero-order chi connectivity index (χ0) is 13.0. The highest BCUT2D eigenvalue weighted by atomic mass is 16.4. The molecule has 0 aromatic carbocycles. The minimum absolute atomic E-state index is 0.149. The second-order valence-electron chi connectivity index (χ2n) is 6.29. The second kappa shape index (κ2) is 5.91. The van der Waals surface area contributed by atoms with E-state index >= 15 is 0 Å². The summed E-state index contributed by atoms with van der Waals surface area (Å²) in [5, 5.41) is 11.8. The van der Waals surface area contributed by atoms with Gasteiger partial charge in [0.2, 0.25) is 0 Å². The maximum absolute atomic E-state index is 8.68. The Morgan fingerprint density at radius 1 is 1.22 bits per heavy atom. The quantitative estimate of drug-likeness (QED) is 0.351. The second-order valence-corrected chi connectivity index (χ2v) is 6.29. The van der Waals surface area contributed by atoms with Crippen molar-refractivity contribution in [3.05, 3.63) is 0 Å². The molecule has 0 amide bonds. The summed E-state index contributed by atoms with van der Waals surface area (Å²) in [6.07, 6.45) is 9.87. The third-order valence-corrected chi connectivity index (χ3v) is 4.98. The predicted molar refractivity (Wildman–Crippen MR) is 73.8 cm³/mol. The van der Waals surface area contributed by atoms with Crippen LogP contribution in [0.25, 0.3) is 0 Å². The van der Waals surface area contributed by atoms with Gasteiger partial charge in [0.1, 0.15) is 5.84 Å². The van der Waals surface area contributed by atoms with Crippen LogP contribution in [0.2, 0.25) is 0 Å². The lowest BCUT2D eigenvalue weighted by Gasteiger charge is -2.44. The van der Waals surface area contributed by atoms with Crippen LogP contribution in [0, 0.1) is 11.3 Å². The van der Waals surface area contributed by atoms with Crippen molar-refractivity contribution in [1.82, 2.24) is 4.90 Å². The zero-order valence-electron chi connectivity index (χ0n) is 11.6. The smallest absolute Gasteiger partial charge is 0.143 e. The fourth-order valence-electron chi connectivity index (χ4n) is 3.59. The lowest BCUT2D eigenvalue weighted by molar-refractivity contribution is 0.0646. The number of piperidine rings is 1. The van der Waals surface area contributed by atoms with E-state index in [0.29, 0.717) is 11.3 Å². The molecule has 18 heavy (non-hydrogen) atoms. The van der Waals surface area contributed by atoms with Crippen molar-refractivity contribution in [3.8, 4) is 0 Å². The molecule has 0 radical (unpaired) electrons. The van der Waals surface area contributed by atoms with Crippen LogP contribution in [0.5, 0.6) is 0 Å². The number of oxime groups is 1. The van der Waals surface area contributed by atoms with Crippen LogP contribution in [-0.4, -0.2) is 35.6 Å². The van der Waals surface area contributed by atoms with Crippen LogP contribution in [0.1, 0.15) is 51.9 Å². The molecule has 4 heteroatoms. The van der Waals surface area contributed by atoms with Gasteiger partial charge in [-0.05, 0) is 44.2 Å². The topological polar surface area (TPSA) is 61.8 Å². The molecule has 2 rings (SSSR count).